The molecule has 0 amide bonds. The minimum Gasteiger partial charge on any atom is -0.462 e. The summed E-state index contributed by atoms with van der Waals surface area (Å²) in [4.78, 5) is 38.4. The summed E-state index contributed by atoms with van der Waals surface area (Å²) in [6, 6.07) is 0. The first-order chi connectivity index (χ1) is 40.0. The fraction of sp³-hybridized carbons (Fsp3) is 0.800. The number of unbranched alkanes of at least 4 members (excludes halogenated alkanes) is 42. The zero-order chi connectivity index (χ0) is 58.5. The van der Waals surface area contributed by atoms with E-state index >= 15 is 0 Å². The molecule has 1 unspecified atom stereocenters. The van der Waals surface area contributed by atoms with E-state index in [0.717, 1.165) is 89.9 Å². The second-order valence-electron chi connectivity index (χ2n) is 23.8. The maximum Gasteiger partial charge on any atom is 0.306 e. The summed E-state index contributed by atoms with van der Waals surface area (Å²) in [5.74, 6) is -0.852. The Morgan fingerprint density at radius 3 is 0.753 bits per heavy atom. The van der Waals surface area contributed by atoms with Crippen LogP contribution >= 0.6 is 0 Å². The largest absolute Gasteiger partial charge is 0.462 e. The highest BCUT2D eigenvalue weighted by Gasteiger charge is 2.19. The van der Waals surface area contributed by atoms with Gasteiger partial charge < -0.3 is 14.2 Å². The summed E-state index contributed by atoms with van der Waals surface area (Å²) >= 11 is 0. The van der Waals surface area contributed by atoms with Crippen LogP contribution in [0.3, 0.4) is 0 Å². The molecule has 0 saturated heterocycles. The third kappa shape index (κ3) is 67.5. The molecule has 6 heteroatoms. The molecule has 470 valence electrons. The molecule has 6 nitrogen and oxygen atoms in total. The normalized spacial score (nSPS) is 12.5. The van der Waals surface area contributed by atoms with Crippen LogP contribution in [0.15, 0.2) is 72.9 Å². The average molecular weight is 1130 g/mol. The lowest BCUT2D eigenvalue weighted by atomic mass is 10.0. The van der Waals surface area contributed by atoms with Gasteiger partial charge >= 0.3 is 17.9 Å². The molecule has 0 aliphatic rings. The third-order valence-corrected chi connectivity index (χ3v) is 15.7. The Morgan fingerprint density at radius 1 is 0.259 bits per heavy atom. The molecule has 0 aliphatic carbocycles. The molecule has 81 heavy (non-hydrogen) atoms. The predicted octanol–water partition coefficient (Wildman–Crippen LogP) is 24.4. The number of ether oxygens (including phenoxy) is 3. The summed E-state index contributed by atoms with van der Waals surface area (Å²) in [7, 11) is 0. The number of rotatable bonds is 65. The molecule has 0 aromatic rings. The molecule has 0 radical (unpaired) electrons. The standard InChI is InChI=1S/C75H134O6/c1-4-7-10-13-16-19-22-25-27-29-31-33-35-37-39-41-43-45-47-50-53-56-59-62-65-68-74(77)80-71-72(70-79-73(76)67-64-61-58-55-52-49-24-21-18-15-12-9-6-3)81-75(78)69-66-63-60-57-54-51-48-46-44-42-40-38-36-34-32-30-28-26-23-20-17-14-11-8-5-2/h7,10,16,19,23,25-27,30-33,72H,4-6,8-9,11-15,17-18,20-22,24,28-29,34-71H2,1-3H3/b10-7-,19-16-,26-23-,27-25-,32-30-,33-31-. The van der Waals surface area contributed by atoms with Gasteiger partial charge in [-0.15, -0.1) is 0 Å². The molecule has 0 fully saturated rings. The van der Waals surface area contributed by atoms with Crippen LogP contribution in [0, 0.1) is 0 Å². The molecule has 0 rings (SSSR count). The van der Waals surface area contributed by atoms with Crippen molar-refractivity contribution >= 4 is 17.9 Å². The van der Waals surface area contributed by atoms with Gasteiger partial charge in [0.05, 0.1) is 0 Å². The number of carbonyl (C=O) groups excluding carboxylic acids is 3. The van der Waals surface area contributed by atoms with Crippen LogP contribution in [-0.4, -0.2) is 37.2 Å². The van der Waals surface area contributed by atoms with Gasteiger partial charge in [-0.2, -0.15) is 0 Å². The first-order valence-electron chi connectivity index (χ1n) is 35.4. The predicted molar refractivity (Wildman–Crippen MR) is 353 cm³/mol. The van der Waals surface area contributed by atoms with Crippen molar-refractivity contribution in [2.24, 2.45) is 0 Å². The van der Waals surface area contributed by atoms with E-state index in [4.69, 9.17) is 14.2 Å². The van der Waals surface area contributed by atoms with E-state index in [1.54, 1.807) is 0 Å². The lowest BCUT2D eigenvalue weighted by Gasteiger charge is -2.18. The number of allylic oxidation sites excluding steroid dienone is 12. The SMILES string of the molecule is CC/C=C\C/C=C\C/C=C\C/C=C\CCCCCCCCCCCCCCC(=O)OCC(COC(=O)CCCCCCCCCCCCCCC)OC(=O)CCCCCCCCCCCCCCC/C=C\C/C=C\CCCCCCC. The van der Waals surface area contributed by atoms with E-state index in [0.29, 0.717) is 19.3 Å². The van der Waals surface area contributed by atoms with Crippen LogP contribution in [0.25, 0.3) is 0 Å². The Balaban J connectivity index is 4.26. The van der Waals surface area contributed by atoms with Gasteiger partial charge in [-0.1, -0.05) is 331 Å². The Morgan fingerprint density at radius 2 is 0.481 bits per heavy atom. The molecular weight excluding hydrogens is 997 g/mol. The number of hydrogen-bond donors (Lipinski definition) is 0. The van der Waals surface area contributed by atoms with E-state index in [-0.39, 0.29) is 31.1 Å². The van der Waals surface area contributed by atoms with E-state index in [9.17, 15) is 14.4 Å². The van der Waals surface area contributed by atoms with Gasteiger partial charge in [0, 0.05) is 19.3 Å². The van der Waals surface area contributed by atoms with E-state index in [1.165, 1.54) is 238 Å². The highest BCUT2D eigenvalue weighted by atomic mass is 16.6. The second kappa shape index (κ2) is 69.3. The minimum absolute atomic E-state index is 0.0712. The first kappa shape index (κ1) is 77.9. The van der Waals surface area contributed by atoms with Gasteiger partial charge in [-0.25, -0.2) is 0 Å². The van der Waals surface area contributed by atoms with Gasteiger partial charge in [-0.05, 0) is 89.9 Å². The summed E-state index contributed by atoms with van der Waals surface area (Å²) in [5.41, 5.74) is 0. The Labute approximate surface area is 503 Å². The summed E-state index contributed by atoms with van der Waals surface area (Å²) in [6.45, 7) is 6.57. The second-order valence-corrected chi connectivity index (χ2v) is 23.8. The van der Waals surface area contributed by atoms with Crippen molar-refractivity contribution in [3.63, 3.8) is 0 Å². The first-order valence-corrected chi connectivity index (χ1v) is 35.4. The lowest BCUT2D eigenvalue weighted by Crippen LogP contribution is -2.30. The molecule has 0 aromatic carbocycles. The quantitative estimate of drug-likeness (QED) is 0.0261. The summed E-state index contributed by atoms with van der Waals surface area (Å²) in [5, 5.41) is 0. The van der Waals surface area contributed by atoms with Crippen molar-refractivity contribution in [2.75, 3.05) is 13.2 Å². The maximum atomic E-state index is 13.0. The lowest BCUT2D eigenvalue weighted by molar-refractivity contribution is -0.167. The summed E-state index contributed by atoms with van der Waals surface area (Å²) in [6.07, 6.45) is 90.7. The van der Waals surface area contributed by atoms with Gasteiger partial charge in [0.1, 0.15) is 13.2 Å². The Hall–Kier alpha value is -3.15. The van der Waals surface area contributed by atoms with Crippen LogP contribution in [0.5, 0.6) is 0 Å². The van der Waals surface area contributed by atoms with Gasteiger partial charge in [0.2, 0.25) is 0 Å². The smallest absolute Gasteiger partial charge is 0.306 e. The zero-order valence-corrected chi connectivity index (χ0v) is 54.1. The monoisotopic (exact) mass is 1130 g/mol. The highest BCUT2D eigenvalue weighted by Crippen LogP contribution is 2.18. The van der Waals surface area contributed by atoms with E-state index < -0.39 is 6.10 Å². The highest BCUT2D eigenvalue weighted by molar-refractivity contribution is 5.71. The number of carbonyl (C=O) groups is 3. The van der Waals surface area contributed by atoms with Crippen molar-refractivity contribution in [2.45, 2.75) is 374 Å². The van der Waals surface area contributed by atoms with E-state index in [1.807, 2.05) is 0 Å². The Kier molecular flexibility index (Phi) is 66.6. The molecule has 0 heterocycles. The van der Waals surface area contributed by atoms with Gasteiger partial charge in [0.15, 0.2) is 6.10 Å². The topological polar surface area (TPSA) is 78.9 Å². The van der Waals surface area contributed by atoms with Crippen LogP contribution in [-0.2, 0) is 28.6 Å². The van der Waals surface area contributed by atoms with Crippen molar-refractivity contribution in [3.8, 4) is 0 Å². The van der Waals surface area contributed by atoms with Gasteiger partial charge in [-0.3, -0.25) is 14.4 Å². The fourth-order valence-electron chi connectivity index (χ4n) is 10.4. The van der Waals surface area contributed by atoms with Crippen LogP contribution < -0.4 is 0 Å². The molecule has 0 spiro atoms. The van der Waals surface area contributed by atoms with Gasteiger partial charge in [0.25, 0.3) is 0 Å². The Bertz CT molecular complexity index is 1490. The molecule has 0 aromatic heterocycles. The van der Waals surface area contributed by atoms with Crippen molar-refractivity contribution in [3.05, 3.63) is 72.9 Å². The van der Waals surface area contributed by atoms with Crippen LogP contribution in [0.1, 0.15) is 367 Å². The average Bonchev–Trinajstić information content (AvgIpc) is 3.46. The number of esters is 3. The molecule has 0 N–H and O–H groups in total. The third-order valence-electron chi connectivity index (χ3n) is 15.7. The van der Waals surface area contributed by atoms with E-state index in [2.05, 4.69) is 93.7 Å². The number of hydrogen-bond acceptors (Lipinski definition) is 6. The minimum atomic E-state index is -0.776. The molecule has 1 atom stereocenters. The van der Waals surface area contributed by atoms with Crippen molar-refractivity contribution < 1.29 is 28.6 Å². The van der Waals surface area contributed by atoms with Crippen LogP contribution in [0.2, 0.25) is 0 Å². The molecule has 0 bridgehead atoms. The molecular formula is C75H134O6. The fourth-order valence-corrected chi connectivity index (χ4v) is 10.4. The zero-order valence-electron chi connectivity index (χ0n) is 54.1. The summed E-state index contributed by atoms with van der Waals surface area (Å²) < 4.78 is 17.0. The maximum absolute atomic E-state index is 13.0. The van der Waals surface area contributed by atoms with Crippen LogP contribution in [0.4, 0.5) is 0 Å². The molecule has 0 aliphatic heterocycles. The molecule has 0 saturated carbocycles. The van der Waals surface area contributed by atoms with Crippen molar-refractivity contribution in [1.29, 1.82) is 0 Å². The van der Waals surface area contributed by atoms with Crippen molar-refractivity contribution in [1.82, 2.24) is 0 Å².